The molecule has 0 radical (unpaired) electrons. The molecule has 6 heteroatoms. The highest BCUT2D eigenvalue weighted by Gasteiger charge is 2.35. The molecule has 0 aromatic heterocycles. The third kappa shape index (κ3) is 5.18. The summed E-state index contributed by atoms with van der Waals surface area (Å²) in [6, 6.07) is 8.69. The summed E-state index contributed by atoms with van der Waals surface area (Å²) < 4.78 is 26.7. The maximum atomic E-state index is 12.7. The van der Waals surface area contributed by atoms with Crippen LogP contribution in [0.2, 0.25) is 0 Å². The quantitative estimate of drug-likeness (QED) is 0.769. The van der Waals surface area contributed by atoms with Gasteiger partial charge in [-0.2, -0.15) is 4.31 Å². The minimum atomic E-state index is -3.61. The number of nitrogens with zero attached hydrogens (tertiary/aromatic N) is 1. The van der Waals surface area contributed by atoms with Gasteiger partial charge in [-0.1, -0.05) is 50.1 Å². The molecule has 0 bridgehead atoms. The maximum absolute atomic E-state index is 12.7. The molecule has 0 saturated carbocycles. The number of nitrogens with one attached hydrogen (secondary N) is 1. The molecule has 0 aliphatic carbocycles. The molecule has 0 spiro atoms. The van der Waals surface area contributed by atoms with Gasteiger partial charge < -0.3 is 5.32 Å². The van der Waals surface area contributed by atoms with E-state index >= 15 is 0 Å². The van der Waals surface area contributed by atoms with Crippen LogP contribution in [0.4, 0.5) is 0 Å². The number of hydrogen-bond acceptors (Lipinski definition) is 3. The van der Waals surface area contributed by atoms with Gasteiger partial charge in [-0.3, -0.25) is 4.79 Å². The van der Waals surface area contributed by atoms with Gasteiger partial charge in [-0.05, 0) is 30.9 Å². The topological polar surface area (TPSA) is 66.5 Å². The van der Waals surface area contributed by atoms with Crippen LogP contribution < -0.4 is 5.32 Å². The first-order valence-electron chi connectivity index (χ1n) is 8.57. The normalized spacial score (nSPS) is 19.5. The summed E-state index contributed by atoms with van der Waals surface area (Å²) in [5.41, 5.74) is 0.821. The van der Waals surface area contributed by atoms with E-state index in [1.165, 1.54) is 9.71 Å². The van der Waals surface area contributed by atoms with Crippen molar-refractivity contribution in [1.82, 2.24) is 9.62 Å². The van der Waals surface area contributed by atoms with E-state index < -0.39 is 16.1 Å². The van der Waals surface area contributed by atoms with Crippen molar-refractivity contribution in [2.45, 2.75) is 45.1 Å². The number of piperidine rings is 1. The summed E-state index contributed by atoms with van der Waals surface area (Å²) in [7, 11) is -3.61. The number of rotatable bonds is 7. The van der Waals surface area contributed by atoms with Gasteiger partial charge in [0.05, 0.1) is 0 Å². The lowest BCUT2D eigenvalue weighted by atomic mass is 10.0. The van der Waals surface area contributed by atoms with E-state index in [9.17, 15) is 13.2 Å². The average molecular weight is 350 g/mol. The van der Waals surface area contributed by atoms with Gasteiger partial charge in [0, 0.05) is 18.5 Å². The monoisotopic (exact) mass is 350 g/mol. The Morgan fingerprint density at radius 1 is 1.29 bits per heavy atom. The van der Waals surface area contributed by atoms with Crippen molar-refractivity contribution in [2.24, 2.45) is 0 Å². The second-order valence-corrected chi connectivity index (χ2v) is 7.80. The minimum absolute atomic E-state index is 0.181. The molecular weight excluding hydrogens is 324 g/mol. The van der Waals surface area contributed by atoms with Crippen molar-refractivity contribution in [1.29, 1.82) is 0 Å². The van der Waals surface area contributed by atoms with Gasteiger partial charge in [0.2, 0.25) is 15.9 Å². The summed E-state index contributed by atoms with van der Waals surface area (Å²) in [6.07, 6.45) is 5.72. The van der Waals surface area contributed by atoms with Crippen LogP contribution in [0.1, 0.15) is 44.6 Å². The number of benzene rings is 1. The van der Waals surface area contributed by atoms with Crippen LogP contribution >= 0.6 is 0 Å². The summed E-state index contributed by atoms with van der Waals surface area (Å²) in [6.45, 7) is 3.05. The SMILES string of the molecule is CCCCNC(=O)C1CCCCN1S(=O)(=O)/C=C/c1ccccc1. The van der Waals surface area contributed by atoms with Crippen LogP contribution in [0.3, 0.4) is 0 Å². The first-order valence-corrected chi connectivity index (χ1v) is 10.1. The molecule has 24 heavy (non-hydrogen) atoms. The van der Waals surface area contributed by atoms with Crippen molar-refractivity contribution < 1.29 is 13.2 Å². The lowest BCUT2D eigenvalue weighted by molar-refractivity contribution is -0.125. The lowest BCUT2D eigenvalue weighted by Gasteiger charge is -2.32. The van der Waals surface area contributed by atoms with Gasteiger partial charge in [0.15, 0.2) is 0 Å². The zero-order valence-corrected chi connectivity index (χ0v) is 15.0. The highest BCUT2D eigenvalue weighted by Crippen LogP contribution is 2.22. The Hall–Kier alpha value is -1.66. The van der Waals surface area contributed by atoms with E-state index in [4.69, 9.17) is 0 Å². The predicted molar refractivity (Wildman–Crippen MR) is 96.7 cm³/mol. The number of hydrogen-bond donors (Lipinski definition) is 1. The molecule has 1 atom stereocenters. The Bertz CT molecular complexity index is 656. The highest BCUT2D eigenvalue weighted by molar-refractivity contribution is 7.92. The van der Waals surface area contributed by atoms with Gasteiger partial charge in [-0.15, -0.1) is 0 Å². The third-order valence-electron chi connectivity index (χ3n) is 4.14. The Morgan fingerprint density at radius 2 is 2.04 bits per heavy atom. The van der Waals surface area contributed by atoms with E-state index in [2.05, 4.69) is 12.2 Å². The standard InChI is InChI=1S/C18H26N2O3S/c1-2-3-13-19-18(21)17-11-7-8-14-20(17)24(22,23)15-12-16-9-5-4-6-10-16/h4-6,9-10,12,15,17H,2-3,7-8,11,13-14H2,1H3,(H,19,21)/b15-12+. The molecule has 1 aliphatic heterocycles. The van der Waals surface area contributed by atoms with Crippen molar-refractivity contribution in [3.05, 3.63) is 41.3 Å². The molecule has 1 amide bonds. The second kappa shape index (κ2) is 8.99. The molecule has 1 N–H and O–H groups in total. The van der Waals surface area contributed by atoms with Gasteiger partial charge in [0.1, 0.15) is 6.04 Å². The molecule has 1 unspecified atom stereocenters. The van der Waals surface area contributed by atoms with E-state index in [1.807, 2.05) is 30.3 Å². The lowest BCUT2D eigenvalue weighted by Crippen LogP contribution is -2.51. The van der Waals surface area contributed by atoms with Gasteiger partial charge in [0.25, 0.3) is 0 Å². The molecule has 1 saturated heterocycles. The molecule has 1 aromatic carbocycles. The third-order valence-corrected chi connectivity index (χ3v) is 5.72. The van der Waals surface area contributed by atoms with Crippen molar-refractivity contribution >= 4 is 22.0 Å². The van der Waals surface area contributed by atoms with Crippen LogP contribution in [0.5, 0.6) is 0 Å². The fourth-order valence-electron chi connectivity index (χ4n) is 2.78. The van der Waals surface area contributed by atoms with Crippen molar-refractivity contribution in [3.8, 4) is 0 Å². The molecule has 1 aliphatic rings. The van der Waals surface area contributed by atoms with Crippen LogP contribution in [-0.4, -0.2) is 37.8 Å². The predicted octanol–water partition coefficient (Wildman–Crippen LogP) is 2.76. The maximum Gasteiger partial charge on any atom is 0.238 e. The smallest absolute Gasteiger partial charge is 0.238 e. The Morgan fingerprint density at radius 3 is 2.75 bits per heavy atom. The summed E-state index contributed by atoms with van der Waals surface area (Å²) in [5, 5.41) is 4.07. The Labute approximate surface area is 144 Å². The fraction of sp³-hybridized carbons (Fsp3) is 0.500. The zero-order valence-electron chi connectivity index (χ0n) is 14.1. The largest absolute Gasteiger partial charge is 0.355 e. The average Bonchev–Trinajstić information content (AvgIpc) is 2.61. The fourth-order valence-corrected chi connectivity index (χ4v) is 4.21. The molecular formula is C18H26N2O3S. The summed E-state index contributed by atoms with van der Waals surface area (Å²) >= 11 is 0. The highest BCUT2D eigenvalue weighted by atomic mass is 32.2. The minimum Gasteiger partial charge on any atom is -0.355 e. The Kier molecular flexibility index (Phi) is 6.99. The van der Waals surface area contributed by atoms with Crippen LogP contribution in [0.25, 0.3) is 6.08 Å². The molecule has 2 rings (SSSR count). The Balaban J connectivity index is 2.10. The molecule has 5 nitrogen and oxygen atoms in total. The van der Waals surface area contributed by atoms with Crippen LogP contribution in [0.15, 0.2) is 35.7 Å². The van der Waals surface area contributed by atoms with E-state index in [1.54, 1.807) is 6.08 Å². The van der Waals surface area contributed by atoms with E-state index in [0.717, 1.165) is 31.2 Å². The number of sulfonamides is 1. The molecule has 1 fully saturated rings. The number of unbranched alkanes of at least 4 members (excludes halogenated alkanes) is 1. The van der Waals surface area contributed by atoms with Gasteiger partial charge in [-0.25, -0.2) is 8.42 Å². The first kappa shape index (κ1) is 18.7. The molecule has 132 valence electrons. The zero-order chi connectivity index (χ0) is 17.4. The van der Waals surface area contributed by atoms with Gasteiger partial charge >= 0.3 is 0 Å². The first-order chi connectivity index (χ1) is 11.5. The van der Waals surface area contributed by atoms with Crippen LogP contribution in [0, 0.1) is 0 Å². The van der Waals surface area contributed by atoms with Crippen molar-refractivity contribution in [2.75, 3.05) is 13.1 Å². The van der Waals surface area contributed by atoms with Crippen molar-refractivity contribution in [3.63, 3.8) is 0 Å². The second-order valence-electron chi connectivity index (χ2n) is 6.03. The number of carbonyl (C=O) groups is 1. The number of amides is 1. The number of carbonyl (C=O) groups excluding carboxylic acids is 1. The molecule has 1 heterocycles. The summed E-state index contributed by atoms with van der Waals surface area (Å²) in [4.78, 5) is 12.4. The molecule has 1 aromatic rings. The van der Waals surface area contributed by atoms with E-state index in [-0.39, 0.29) is 5.91 Å². The summed E-state index contributed by atoms with van der Waals surface area (Å²) in [5.74, 6) is -0.181. The van der Waals surface area contributed by atoms with E-state index in [0.29, 0.717) is 19.5 Å². The van der Waals surface area contributed by atoms with Crippen LogP contribution in [-0.2, 0) is 14.8 Å².